The number of carbonyl (C=O) groups excluding carboxylic acids is 2. The number of carbonyl (C=O) groups is 2. The van der Waals surface area contributed by atoms with Crippen molar-refractivity contribution in [1.82, 2.24) is 9.80 Å². The zero-order valence-electron chi connectivity index (χ0n) is 21.9. The van der Waals surface area contributed by atoms with E-state index in [9.17, 15) is 9.59 Å². The van der Waals surface area contributed by atoms with Crippen molar-refractivity contribution in [2.75, 3.05) is 27.0 Å². The number of nitrogens with zero attached hydrogens (tertiary/aromatic N) is 2. The fraction of sp³-hybridized carbons (Fsp3) is 0.355. The van der Waals surface area contributed by atoms with Crippen molar-refractivity contribution in [3.63, 3.8) is 0 Å². The summed E-state index contributed by atoms with van der Waals surface area (Å²) in [5, 5.41) is 0. The lowest BCUT2D eigenvalue weighted by Crippen LogP contribution is -2.59. The molecule has 0 aromatic heterocycles. The molecule has 200 valence electrons. The van der Waals surface area contributed by atoms with Crippen molar-refractivity contribution in [2.45, 2.75) is 43.1 Å². The summed E-state index contributed by atoms with van der Waals surface area (Å²) in [4.78, 5) is 31.2. The van der Waals surface area contributed by atoms with Gasteiger partial charge in [-0.1, -0.05) is 60.7 Å². The minimum Gasteiger partial charge on any atom is -0.493 e. The molecule has 0 radical (unpaired) electrons. The van der Waals surface area contributed by atoms with Crippen LogP contribution in [0.1, 0.15) is 35.6 Å². The Labute approximate surface area is 227 Å². The molecule has 39 heavy (non-hydrogen) atoms. The maximum atomic E-state index is 14.4. The van der Waals surface area contributed by atoms with Crippen LogP contribution in [0.5, 0.6) is 17.2 Å². The second-order valence-corrected chi connectivity index (χ2v) is 10.7. The first-order valence-corrected chi connectivity index (χ1v) is 13.3. The molecule has 1 spiro atoms. The Hall–Kier alpha value is -4.04. The van der Waals surface area contributed by atoms with E-state index in [1.165, 1.54) is 0 Å². The van der Waals surface area contributed by atoms with E-state index in [4.69, 9.17) is 18.9 Å². The third-order valence-corrected chi connectivity index (χ3v) is 8.58. The van der Waals surface area contributed by atoms with Gasteiger partial charge in [0.05, 0.1) is 19.2 Å². The minimum atomic E-state index is -1.06. The summed E-state index contributed by atoms with van der Waals surface area (Å²) in [5.74, 6) is 1.34. The van der Waals surface area contributed by atoms with E-state index >= 15 is 0 Å². The highest BCUT2D eigenvalue weighted by Crippen LogP contribution is 2.64. The molecule has 7 rings (SSSR count). The lowest BCUT2D eigenvalue weighted by Gasteiger charge is -2.44. The van der Waals surface area contributed by atoms with Gasteiger partial charge in [0.25, 0.3) is 5.91 Å². The summed E-state index contributed by atoms with van der Waals surface area (Å²) in [6.07, 6.45) is 0.298. The molecule has 3 aromatic carbocycles. The molecule has 0 N–H and O–H groups in total. The molecule has 3 aromatic rings. The molecule has 2 amide bonds. The van der Waals surface area contributed by atoms with E-state index in [0.29, 0.717) is 36.8 Å². The van der Waals surface area contributed by atoms with Crippen LogP contribution in [-0.2, 0) is 20.7 Å². The van der Waals surface area contributed by atoms with Crippen LogP contribution in [0, 0.1) is 0 Å². The van der Waals surface area contributed by atoms with E-state index in [2.05, 4.69) is 12.1 Å². The van der Waals surface area contributed by atoms with Crippen LogP contribution in [0.25, 0.3) is 0 Å². The Morgan fingerprint density at radius 1 is 1.00 bits per heavy atom. The number of amides is 2. The Kier molecular flexibility index (Phi) is 5.56. The largest absolute Gasteiger partial charge is 0.493 e. The Morgan fingerprint density at radius 3 is 2.46 bits per heavy atom. The molecule has 8 nitrogen and oxygen atoms in total. The average molecular weight is 527 g/mol. The standard InChI is InChI=1S/C31H30N2O6/c1-19(34)32-17-24-27(22-14-25(36-2)28-26(15-22)37-18-38-28)31(29(39-31)21-11-7-4-8-12-21)30(35)33(24)16-23(32)13-20-9-5-3-6-10-20/h3-12,14-15,23-24,27,29H,13,16-18H2,1-2H3. The van der Waals surface area contributed by atoms with E-state index in [1.807, 2.05) is 70.5 Å². The molecule has 4 aliphatic heterocycles. The first kappa shape index (κ1) is 24.0. The minimum absolute atomic E-state index is 0.00215. The highest BCUT2D eigenvalue weighted by Gasteiger charge is 2.76. The molecule has 0 saturated carbocycles. The summed E-state index contributed by atoms with van der Waals surface area (Å²) in [6, 6.07) is 23.5. The van der Waals surface area contributed by atoms with Crippen molar-refractivity contribution >= 4 is 11.8 Å². The van der Waals surface area contributed by atoms with Gasteiger partial charge in [-0.3, -0.25) is 9.59 Å². The highest BCUT2D eigenvalue weighted by molar-refractivity contribution is 5.94. The summed E-state index contributed by atoms with van der Waals surface area (Å²) < 4.78 is 23.5. The van der Waals surface area contributed by atoms with Gasteiger partial charge in [0.15, 0.2) is 17.1 Å². The lowest BCUT2D eigenvalue weighted by molar-refractivity contribution is -0.142. The second kappa shape index (κ2) is 9.02. The van der Waals surface area contributed by atoms with Crippen LogP contribution in [0.2, 0.25) is 0 Å². The maximum Gasteiger partial charge on any atom is 0.259 e. The van der Waals surface area contributed by atoms with Crippen LogP contribution in [0.3, 0.4) is 0 Å². The number of ether oxygens (including phenoxy) is 4. The van der Waals surface area contributed by atoms with Crippen LogP contribution in [0.4, 0.5) is 0 Å². The zero-order valence-corrected chi connectivity index (χ0v) is 21.9. The number of rotatable bonds is 5. The number of fused-ring (bicyclic) bond motifs is 2. The molecular formula is C31H30N2O6. The fourth-order valence-electron chi connectivity index (χ4n) is 6.82. The van der Waals surface area contributed by atoms with Gasteiger partial charge in [0.2, 0.25) is 18.4 Å². The summed E-state index contributed by atoms with van der Waals surface area (Å²) in [6.45, 7) is 2.59. The second-order valence-electron chi connectivity index (χ2n) is 10.7. The predicted octanol–water partition coefficient (Wildman–Crippen LogP) is 3.70. The Bertz CT molecular complexity index is 1430. The van der Waals surface area contributed by atoms with Gasteiger partial charge in [-0.2, -0.15) is 0 Å². The maximum absolute atomic E-state index is 14.4. The number of piperazine rings is 1. The lowest BCUT2D eigenvalue weighted by atomic mass is 9.79. The van der Waals surface area contributed by atoms with E-state index in [0.717, 1.165) is 16.7 Å². The zero-order chi connectivity index (χ0) is 26.7. The molecule has 4 aliphatic rings. The summed E-state index contributed by atoms with van der Waals surface area (Å²) >= 11 is 0. The van der Waals surface area contributed by atoms with Gasteiger partial charge in [0.1, 0.15) is 6.10 Å². The number of hydrogen-bond donors (Lipinski definition) is 0. The molecule has 5 atom stereocenters. The third-order valence-electron chi connectivity index (χ3n) is 8.58. The number of epoxide rings is 1. The fourth-order valence-corrected chi connectivity index (χ4v) is 6.82. The van der Waals surface area contributed by atoms with Gasteiger partial charge in [-0.15, -0.1) is 0 Å². The normalized spacial score (nSPS) is 28.5. The van der Waals surface area contributed by atoms with Gasteiger partial charge < -0.3 is 28.7 Å². The van der Waals surface area contributed by atoms with Gasteiger partial charge in [-0.25, -0.2) is 0 Å². The third kappa shape index (κ3) is 3.69. The van der Waals surface area contributed by atoms with Gasteiger partial charge in [-0.05, 0) is 35.2 Å². The number of methoxy groups -OCH3 is 1. The predicted molar refractivity (Wildman–Crippen MR) is 142 cm³/mol. The molecule has 4 heterocycles. The molecule has 0 aliphatic carbocycles. The van der Waals surface area contributed by atoms with Crippen LogP contribution in [0.15, 0.2) is 72.8 Å². The number of benzene rings is 3. The topological polar surface area (TPSA) is 80.8 Å². The van der Waals surface area contributed by atoms with E-state index in [1.54, 1.807) is 14.0 Å². The highest BCUT2D eigenvalue weighted by atomic mass is 16.7. The van der Waals surface area contributed by atoms with Crippen molar-refractivity contribution < 1.29 is 28.5 Å². The average Bonchev–Trinajstić information content (AvgIpc) is 3.42. The van der Waals surface area contributed by atoms with Crippen molar-refractivity contribution in [1.29, 1.82) is 0 Å². The number of hydrogen-bond acceptors (Lipinski definition) is 6. The van der Waals surface area contributed by atoms with E-state index < -0.39 is 5.60 Å². The molecule has 8 heteroatoms. The van der Waals surface area contributed by atoms with Crippen molar-refractivity contribution in [3.8, 4) is 17.2 Å². The molecule has 3 saturated heterocycles. The Morgan fingerprint density at radius 2 is 1.74 bits per heavy atom. The van der Waals surface area contributed by atoms with Gasteiger partial charge in [0, 0.05) is 25.9 Å². The quantitative estimate of drug-likeness (QED) is 0.472. The molecule has 5 unspecified atom stereocenters. The smallest absolute Gasteiger partial charge is 0.259 e. The van der Waals surface area contributed by atoms with Crippen molar-refractivity contribution in [3.05, 3.63) is 89.5 Å². The summed E-state index contributed by atoms with van der Waals surface area (Å²) in [5.41, 5.74) is 1.91. The van der Waals surface area contributed by atoms with Crippen LogP contribution < -0.4 is 14.2 Å². The van der Waals surface area contributed by atoms with Crippen LogP contribution in [-0.4, -0.2) is 66.3 Å². The molecule has 0 bridgehead atoms. The van der Waals surface area contributed by atoms with Crippen molar-refractivity contribution in [2.24, 2.45) is 0 Å². The SMILES string of the molecule is COc1cc(C2C3CN(C(C)=O)C(Cc4ccccc4)CN3C(=O)C23OC3c2ccccc2)cc2c1OCO2. The van der Waals surface area contributed by atoms with Crippen LogP contribution >= 0.6 is 0 Å². The molecular weight excluding hydrogens is 496 g/mol. The first-order valence-electron chi connectivity index (χ1n) is 13.3. The monoisotopic (exact) mass is 526 g/mol. The first-order chi connectivity index (χ1) is 19.0. The summed E-state index contributed by atoms with van der Waals surface area (Å²) in [7, 11) is 1.59. The van der Waals surface area contributed by atoms with E-state index in [-0.39, 0.29) is 42.7 Å². The molecule has 3 fully saturated rings. The Balaban J connectivity index is 1.32. The van der Waals surface area contributed by atoms with Gasteiger partial charge >= 0.3 is 0 Å².